The predicted octanol–water partition coefficient (Wildman–Crippen LogP) is 5.78. The maximum absolute atomic E-state index is 12.1. The average molecular weight is 407 g/mol. The molecule has 0 atom stereocenters. The highest BCUT2D eigenvalue weighted by atomic mass is 35.5. The number of carbonyl (C=O) groups is 1. The molecule has 4 rings (SSSR count). The van der Waals surface area contributed by atoms with Gasteiger partial charge in [-0.25, -0.2) is 4.98 Å². The summed E-state index contributed by atoms with van der Waals surface area (Å²) in [6.07, 6.45) is 0. The molecule has 4 aromatic rings. The lowest BCUT2D eigenvalue weighted by molar-refractivity contribution is -0.118. The van der Waals surface area contributed by atoms with E-state index in [4.69, 9.17) is 20.8 Å². The van der Waals surface area contributed by atoms with Crippen molar-refractivity contribution in [3.05, 3.63) is 76.8 Å². The van der Waals surface area contributed by atoms with Gasteiger partial charge < -0.3 is 14.5 Å². The minimum Gasteiger partial charge on any atom is -0.484 e. The summed E-state index contributed by atoms with van der Waals surface area (Å²) in [5.41, 5.74) is 5.11. The third kappa shape index (κ3) is 4.41. The van der Waals surface area contributed by atoms with Crippen LogP contribution in [0.1, 0.15) is 11.1 Å². The van der Waals surface area contributed by atoms with Crippen LogP contribution in [0, 0.1) is 13.8 Å². The van der Waals surface area contributed by atoms with Crippen LogP contribution in [0.4, 0.5) is 5.69 Å². The van der Waals surface area contributed by atoms with Gasteiger partial charge in [-0.05, 0) is 79.6 Å². The molecule has 0 spiro atoms. The highest BCUT2D eigenvalue weighted by Gasteiger charge is 2.09. The summed E-state index contributed by atoms with van der Waals surface area (Å²) in [6.45, 7) is 3.81. The third-order valence-corrected chi connectivity index (χ3v) is 4.88. The number of benzene rings is 3. The number of rotatable bonds is 5. The minimum absolute atomic E-state index is 0.0900. The average Bonchev–Trinajstić information content (AvgIpc) is 3.12. The number of aromatic nitrogens is 1. The molecule has 3 aromatic carbocycles. The number of carbonyl (C=O) groups excluding carboxylic acids is 1. The topological polar surface area (TPSA) is 64.4 Å². The van der Waals surface area contributed by atoms with Gasteiger partial charge in [0, 0.05) is 16.3 Å². The molecule has 0 aliphatic heterocycles. The quantitative estimate of drug-likeness (QED) is 0.456. The molecule has 0 saturated carbocycles. The number of amides is 1. The number of hydrogen-bond acceptors (Lipinski definition) is 4. The van der Waals surface area contributed by atoms with Gasteiger partial charge in [0.1, 0.15) is 11.3 Å². The van der Waals surface area contributed by atoms with Gasteiger partial charge in [0.2, 0.25) is 5.89 Å². The van der Waals surface area contributed by atoms with Crippen molar-refractivity contribution in [2.24, 2.45) is 0 Å². The molecule has 0 aliphatic rings. The predicted molar refractivity (Wildman–Crippen MR) is 114 cm³/mol. The molecule has 6 heteroatoms. The van der Waals surface area contributed by atoms with E-state index in [0.29, 0.717) is 22.4 Å². The fourth-order valence-electron chi connectivity index (χ4n) is 2.91. The Bertz CT molecular complexity index is 1180. The number of halogens is 1. The maximum atomic E-state index is 12.1. The molecule has 1 amide bonds. The number of aryl methyl sites for hydroxylation is 2. The molecule has 1 aromatic heterocycles. The monoisotopic (exact) mass is 406 g/mol. The molecule has 0 fully saturated rings. The van der Waals surface area contributed by atoms with Crippen molar-refractivity contribution in [1.82, 2.24) is 4.98 Å². The Morgan fingerprint density at radius 1 is 1.07 bits per heavy atom. The standard InChI is InChI=1S/C23H19ClN2O3/c1-14-3-10-21-20(11-14)26-23(29-21)16-4-6-17(7-5-16)25-22(27)13-28-18-8-9-19(24)15(2)12-18/h3-12H,13H2,1-2H3,(H,25,27). The van der Waals surface area contributed by atoms with Crippen LogP contribution < -0.4 is 10.1 Å². The lowest BCUT2D eigenvalue weighted by Crippen LogP contribution is -2.20. The molecular weight excluding hydrogens is 388 g/mol. The van der Waals surface area contributed by atoms with Gasteiger partial charge in [-0.1, -0.05) is 17.7 Å². The van der Waals surface area contributed by atoms with Crippen molar-refractivity contribution in [1.29, 1.82) is 0 Å². The van der Waals surface area contributed by atoms with Crippen molar-refractivity contribution < 1.29 is 13.9 Å². The molecule has 0 bridgehead atoms. The van der Waals surface area contributed by atoms with Crippen LogP contribution in [0.5, 0.6) is 5.75 Å². The zero-order valence-electron chi connectivity index (χ0n) is 16.0. The summed E-state index contributed by atoms with van der Waals surface area (Å²) >= 11 is 5.99. The molecule has 0 unspecified atom stereocenters. The van der Waals surface area contributed by atoms with Crippen LogP contribution in [0.25, 0.3) is 22.6 Å². The number of ether oxygens (including phenoxy) is 1. The van der Waals surface area contributed by atoms with E-state index in [1.54, 1.807) is 30.3 Å². The summed E-state index contributed by atoms with van der Waals surface area (Å²) in [6, 6.07) is 18.5. The first kappa shape index (κ1) is 19.0. The molecule has 0 saturated heterocycles. The van der Waals surface area contributed by atoms with Crippen LogP contribution >= 0.6 is 11.6 Å². The number of fused-ring (bicyclic) bond motifs is 1. The lowest BCUT2D eigenvalue weighted by atomic mass is 10.2. The number of oxazole rings is 1. The van der Waals surface area contributed by atoms with E-state index in [9.17, 15) is 4.79 Å². The fraction of sp³-hybridized carbons (Fsp3) is 0.130. The molecule has 1 N–H and O–H groups in total. The normalized spacial score (nSPS) is 10.9. The zero-order chi connectivity index (χ0) is 20.4. The molecule has 0 radical (unpaired) electrons. The first-order valence-corrected chi connectivity index (χ1v) is 9.52. The van der Waals surface area contributed by atoms with Crippen LogP contribution in [-0.2, 0) is 4.79 Å². The van der Waals surface area contributed by atoms with Crippen molar-refractivity contribution >= 4 is 34.3 Å². The second kappa shape index (κ2) is 7.97. The SMILES string of the molecule is Cc1ccc2oc(-c3ccc(NC(=O)COc4ccc(Cl)c(C)c4)cc3)nc2c1. The van der Waals surface area contributed by atoms with Crippen LogP contribution in [-0.4, -0.2) is 17.5 Å². The second-order valence-corrected chi connectivity index (χ2v) is 7.22. The third-order valence-electron chi connectivity index (χ3n) is 4.46. The Balaban J connectivity index is 1.39. The molecule has 5 nitrogen and oxygen atoms in total. The van der Waals surface area contributed by atoms with Gasteiger partial charge in [0.05, 0.1) is 0 Å². The Kier molecular flexibility index (Phi) is 5.23. The number of hydrogen-bond donors (Lipinski definition) is 1. The Morgan fingerprint density at radius 3 is 2.62 bits per heavy atom. The largest absolute Gasteiger partial charge is 0.484 e. The van der Waals surface area contributed by atoms with Gasteiger partial charge in [-0.3, -0.25) is 4.79 Å². The Hall–Kier alpha value is -3.31. The van der Waals surface area contributed by atoms with E-state index in [1.807, 2.05) is 44.2 Å². The number of nitrogens with one attached hydrogen (secondary N) is 1. The Labute approximate surface area is 173 Å². The van der Waals surface area contributed by atoms with Crippen LogP contribution in [0.3, 0.4) is 0 Å². The van der Waals surface area contributed by atoms with Crippen molar-refractivity contribution in [2.75, 3.05) is 11.9 Å². The Morgan fingerprint density at radius 2 is 1.86 bits per heavy atom. The van der Waals surface area contributed by atoms with Gasteiger partial charge in [-0.2, -0.15) is 0 Å². The van der Waals surface area contributed by atoms with Gasteiger partial charge in [0.25, 0.3) is 5.91 Å². The smallest absolute Gasteiger partial charge is 0.262 e. The van der Waals surface area contributed by atoms with E-state index in [0.717, 1.165) is 27.8 Å². The molecule has 1 heterocycles. The first-order chi connectivity index (χ1) is 14.0. The summed E-state index contributed by atoms with van der Waals surface area (Å²) in [5, 5.41) is 3.47. The minimum atomic E-state index is -0.248. The van der Waals surface area contributed by atoms with E-state index in [2.05, 4.69) is 10.3 Å². The second-order valence-electron chi connectivity index (χ2n) is 6.82. The van der Waals surface area contributed by atoms with E-state index >= 15 is 0 Å². The summed E-state index contributed by atoms with van der Waals surface area (Å²) in [7, 11) is 0. The highest BCUT2D eigenvalue weighted by molar-refractivity contribution is 6.31. The zero-order valence-corrected chi connectivity index (χ0v) is 16.8. The fourth-order valence-corrected chi connectivity index (χ4v) is 3.03. The van der Waals surface area contributed by atoms with Crippen molar-refractivity contribution in [3.8, 4) is 17.2 Å². The highest BCUT2D eigenvalue weighted by Crippen LogP contribution is 2.26. The summed E-state index contributed by atoms with van der Waals surface area (Å²) < 4.78 is 11.3. The first-order valence-electron chi connectivity index (χ1n) is 9.14. The molecule has 146 valence electrons. The van der Waals surface area contributed by atoms with Gasteiger partial charge in [-0.15, -0.1) is 0 Å². The number of nitrogens with zero attached hydrogens (tertiary/aromatic N) is 1. The van der Waals surface area contributed by atoms with Crippen LogP contribution in [0.2, 0.25) is 5.02 Å². The lowest BCUT2D eigenvalue weighted by Gasteiger charge is -2.09. The summed E-state index contributed by atoms with van der Waals surface area (Å²) in [4.78, 5) is 16.7. The maximum Gasteiger partial charge on any atom is 0.262 e. The summed E-state index contributed by atoms with van der Waals surface area (Å²) in [5.74, 6) is 0.899. The van der Waals surface area contributed by atoms with Gasteiger partial charge in [0.15, 0.2) is 12.2 Å². The molecular formula is C23H19ClN2O3. The van der Waals surface area contributed by atoms with Crippen molar-refractivity contribution in [3.63, 3.8) is 0 Å². The van der Waals surface area contributed by atoms with E-state index in [1.165, 1.54) is 0 Å². The van der Waals surface area contributed by atoms with E-state index in [-0.39, 0.29) is 12.5 Å². The number of anilines is 1. The van der Waals surface area contributed by atoms with Gasteiger partial charge >= 0.3 is 0 Å². The van der Waals surface area contributed by atoms with Crippen LogP contribution in [0.15, 0.2) is 65.1 Å². The molecule has 0 aliphatic carbocycles. The van der Waals surface area contributed by atoms with E-state index < -0.39 is 0 Å². The van der Waals surface area contributed by atoms with Crippen molar-refractivity contribution in [2.45, 2.75) is 13.8 Å². The molecule has 29 heavy (non-hydrogen) atoms.